The number of hydrogen-bond donors (Lipinski definition) is 1. The molecule has 6 nitrogen and oxygen atoms in total. The second-order valence-corrected chi connectivity index (χ2v) is 5.21. The van der Waals surface area contributed by atoms with E-state index in [1.54, 1.807) is 4.52 Å². The van der Waals surface area contributed by atoms with Crippen LogP contribution in [0.4, 0.5) is 5.95 Å². The van der Waals surface area contributed by atoms with Gasteiger partial charge in [-0.1, -0.05) is 0 Å². The van der Waals surface area contributed by atoms with Gasteiger partial charge < -0.3 is 10.2 Å². The van der Waals surface area contributed by atoms with Crippen LogP contribution in [-0.4, -0.2) is 45.0 Å². The fraction of sp³-hybridized carbons (Fsp3) is 0.500. The molecule has 1 N–H and O–H groups in total. The number of nitrogens with one attached hydrogen (secondary N) is 1. The standard InChI is InChI=1S/C14H19N5O/c1-11-5-9-19-12(10-11)16-14(17-19)15-6-4-13(20)18-7-2-3-8-18/h5,9-10H,2-4,6-8H2,1H3,(H,15,17). The summed E-state index contributed by atoms with van der Waals surface area (Å²) in [7, 11) is 0. The molecule has 1 aliphatic heterocycles. The summed E-state index contributed by atoms with van der Waals surface area (Å²) in [5, 5.41) is 7.44. The molecule has 3 rings (SSSR count). The quantitative estimate of drug-likeness (QED) is 0.916. The molecule has 0 saturated carbocycles. The zero-order valence-electron chi connectivity index (χ0n) is 11.7. The van der Waals surface area contributed by atoms with Gasteiger partial charge in [0.25, 0.3) is 0 Å². The fourth-order valence-electron chi connectivity index (χ4n) is 2.46. The van der Waals surface area contributed by atoms with E-state index in [4.69, 9.17) is 0 Å². The number of aryl methyl sites for hydroxylation is 1. The second kappa shape index (κ2) is 5.48. The van der Waals surface area contributed by atoms with Crippen LogP contribution in [0.2, 0.25) is 0 Å². The van der Waals surface area contributed by atoms with E-state index in [2.05, 4.69) is 15.4 Å². The van der Waals surface area contributed by atoms with Crippen molar-refractivity contribution in [2.24, 2.45) is 0 Å². The molecule has 0 aliphatic carbocycles. The van der Waals surface area contributed by atoms with Crippen molar-refractivity contribution < 1.29 is 4.79 Å². The van der Waals surface area contributed by atoms with Crippen molar-refractivity contribution in [1.82, 2.24) is 19.5 Å². The van der Waals surface area contributed by atoms with Gasteiger partial charge in [0.2, 0.25) is 11.9 Å². The molecule has 1 fully saturated rings. The number of anilines is 1. The Morgan fingerprint density at radius 3 is 3.00 bits per heavy atom. The number of hydrogen-bond acceptors (Lipinski definition) is 4. The minimum atomic E-state index is 0.217. The monoisotopic (exact) mass is 273 g/mol. The highest BCUT2D eigenvalue weighted by molar-refractivity contribution is 5.76. The first-order chi connectivity index (χ1) is 9.72. The summed E-state index contributed by atoms with van der Waals surface area (Å²) >= 11 is 0. The SMILES string of the molecule is Cc1ccn2nc(NCCC(=O)N3CCCC3)nc2c1. The molecule has 0 atom stereocenters. The van der Waals surface area contributed by atoms with Crippen molar-refractivity contribution in [1.29, 1.82) is 0 Å². The summed E-state index contributed by atoms with van der Waals surface area (Å²) in [6, 6.07) is 3.97. The Morgan fingerprint density at radius 2 is 2.20 bits per heavy atom. The third kappa shape index (κ3) is 2.74. The summed E-state index contributed by atoms with van der Waals surface area (Å²) in [6.45, 7) is 4.41. The van der Waals surface area contributed by atoms with Crippen molar-refractivity contribution in [3.05, 3.63) is 23.9 Å². The number of rotatable bonds is 4. The average molecular weight is 273 g/mol. The van der Waals surface area contributed by atoms with Gasteiger partial charge in [0.1, 0.15) is 0 Å². The number of aromatic nitrogens is 3. The lowest BCUT2D eigenvalue weighted by Gasteiger charge is -2.14. The van der Waals surface area contributed by atoms with Crippen molar-refractivity contribution in [3.8, 4) is 0 Å². The number of nitrogens with zero attached hydrogens (tertiary/aromatic N) is 4. The minimum absolute atomic E-state index is 0.217. The first-order valence-corrected chi connectivity index (χ1v) is 7.07. The Labute approximate surface area is 117 Å². The van der Waals surface area contributed by atoms with Crippen LogP contribution in [0.5, 0.6) is 0 Å². The largest absolute Gasteiger partial charge is 0.352 e. The first-order valence-electron chi connectivity index (χ1n) is 7.07. The van der Waals surface area contributed by atoms with Crippen LogP contribution in [0.15, 0.2) is 18.3 Å². The molecule has 0 spiro atoms. The zero-order chi connectivity index (χ0) is 13.9. The van der Waals surface area contributed by atoms with Crippen LogP contribution in [0.3, 0.4) is 0 Å². The van der Waals surface area contributed by atoms with Crippen molar-refractivity contribution in [3.63, 3.8) is 0 Å². The van der Waals surface area contributed by atoms with Gasteiger partial charge in [-0.05, 0) is 37.5 Å². The van der Waals surface area contributed by atoms with Crippen LogP contribution in [0, 0.1) is 6.92 Å². The molecule has 2 aromatic heterocycles. The van der Waals surface area contributed by atoms with E-state index < -0.39 is 0 Å². The van der Waals surface area contributed by atoms with E-state index in [1.165, 1.54) is 0 Å². The summed E-state index contributed by atoms with van der Waals surface area (Å²) in [4.78, 5) is 18.2. The molecule has 6 heteroatoms. The Morgan fingerprint density at radius 1 is 1.40 bits per heavy atom. The van der Waals surface area contributed by atoms with E-state index in [0.717, 1.165) is 37.1 Å². The van der Waals surface area contributed by atoms with Crippen molar-refractivity contribution in [2.75, 3.05) is 25.0 Å². The van der Waals surface area contributed by atoms with Gasteiger partial charge in [-0.25, -0.2) is 4.52 Å². The van der Waals surface area contributed by atoms with Crippen LogP contribution in [0.1, 0.15) is 24.8 Å². The number of fused-ring (bicyclic) bond motifs is 1. The highest BCUT2D eigenvalue weighted by Crippen LogP contribution is 2.10. The van der Waals surface area contributed by atoms with E-state index >= 15 is 0 Å². The molecule has 1 aliphatic rings. The first kappa shape index (κ1) is 12.9. The predicted octanol–water partition coefficient (Wildman–Crippen LogP) is 1.46. The highest BCUT2D eigenvalue weighted by Gasteiger charge is 2.17. The van der Waals surface area contributed by atoms with Gasteiger partial charge in [-0.15, -0.1) is 5.10 Å². The molecule has 3 heterocycles. The molecule has 2 aromatic rings. The Bertz CT molecular complexity index is 615. The fourth-order valence-corrected chi connectivity index (χ4v) is 2.46. The third-order valence-corrected chi connectivity index (χ3v) is 3.57. The minimum Gasteiger partial charge on any atom is -0.352 e. The van der Waals surface area contributed by atoms with E-state index in [1.807, 2.05) is 30.2 Å². The van der Waals surface area contributed by atoms with Gasteiger partial charge in [0.15, 0.2) is 5.65 Å². The van der Waals surface area contributed by atoms with Gasteiger partial charge in [-0.3, -0.25) is 4.79 Å². The summed E-state index contributed by atoms with van der Waals surface area (Å²) in [6.07, 6.45) is 4.64. The van der Waals surface area contributed by atoms with Crippen LogP contribution < -0.4 is 5.32 Å². The molecular formula is C14H19N5O. The lowest BCUT2D eigenvalue weighted by Crippen LogP contribution is -2.29. The normalized spacial score (nSPS) is 14.9. The van der Waals surface area contributed by atoms with Gasteiger partial charge >= 0.3 is 0 Å². The van der Waals surface area contributed by atoms with Crippen LogP contribution >= 0.6 is 0 Å². The third-order valence-electron chi connectivity index (χ3n) is 3.57. The highest BCUT2D eigenvalue weighted by atomic mass is 16.2. The maximum absolute atomic E-state index is 11.9. The number of amides is 1. The van der Waals surface area contributed by atoms with Gasteiger partial charge in [0.05, 0.1) is 0 Å². The van der Waals surface area contributed by atoms with E-state index in [0.29, 0.717) is 18.9 Å². The average Bonchev–Trinajstić information content (AvgIpc) is 3.06. The maximum atomic E-state index is 11.9. The molecule has 106 valence electrons. The number of pyridine rings is 1. The Kier molecular flexibility index (Phi) is 3.54. The van der Waals surface area contributed by atoms with Crippen LogP contribution in [-0.2, 0) is 4.79 Å². The molecule has 20 heavy (non-hydrogen) atoms. The molecular weight excluding hydrogens is 254 g/mol. The van der Waals surface area contributed by atoms with E-state index in [9.17, 15) is 4.79 Å². The van der Waals surface area contributed by atoms with E-state index in [-0.39, 0.29) is 5.91 Å². The lowest BCUT2D eigenvalue weighted by atomic mass is 10.3. The molecule has 1 saturated heterocycles. The molecule has 1 amide bonds. The number of likely N-dealkylation sites (tertiary alicyclic amines) is 1. The van der Waals surface area contributed by atoms with Gasteiger partial charge in [0, 0.05) is 32.3 Å². The predicted molar refractivity (Wildman–Crippen MR) is 76.6 cm³/mol. The number of carbonyl (C=O) groups excluding carboxylic acids is 1. The Hall–Kier alpha value is -2.11. The molecule has 0 bridgehead atoms. The molecule has 0 aromatic carbocycles. The van der Waals surface area contributed by atoms with Gasteiger partial charge in [-0.2, -0.15) is 4.98 Å². The topological polar surface area (TPSA) is 62.5 Å². The van der Waals surface area contributed by atoms with Crippen molar-refractivity contribution >= 4 is 17.5 Å². The van der Waals surface area contributed by atoms with Crippen LogP contribution in [0.25, 0.3) is 5.65 Å². The summed E-state index contributed by atoms with van der Waals surface area (Å²) < 4.78 is 1.73. The van der Waals surface area contributed by atoms with Crippen molar-refractivity contribution in [2.45, 2.75) is 26.2 Å². The Balaban J connectivity index is 1.55. The molecule has 0 unspecified atom stereocenters. The lowest BCUT2D eigenvalue weighted by molar-refractivity contribution is -0.129. The smallest absolute Gasteiger partial charge is 0.243 e. The second-order valence-electron chi connectivity index (χ2n) is 5.21. The summed E-state index contributed by atoms with van der Waals surface area (Å²) in [5.41, 5.74) is 1.97. The summed E-state index contributed by atoms with van der Waals surface area (Å²) in [5.74, 6) is 0.791. The maximum Gasteiger partial charge on any atom is 0.243 e. The number of carbonyl (C=O) groups is 1. The molecule has 0 radical (unpaired) electrons. The zero-order valence-corrected chi connectivity index (χ0v) is 11.7.